The largest absolute Gasteiger partial charge is 0.478 e. The van der Waals surface area contributed by atoms with Crippen LogP contribution in [0.2, 0.25) is 5.02 Å². The minimum absolute atomic E-state index is 0.140. The maximum atomic E-state index is 11.1. The second kappa shape index (κ2) is 5.74. The number of carboxylic acid groups (broad SMARTS) is 1. The van der Waals surface area contributed by atoms with Gasteiger partial charge in [-0.1, -0.05) is 23.7 Å². The second-order valence-corrected chi connectivity index (χ2v) is 5.50. The molecule has 5 heteroatoms. The molecule has 1 aromatic carbocycles. The summed E-state index contributed by atoms with van der Waals surface area (Å²) in [5, 5.41) is 9.76. The molecule has 0 radical (unpaired) electrons. The number of benzene rings is 1. The summed E-state index contributed by atoms with van der Waals surface area (Å²) in [6.45, 7) is 0. The predicted octanol–water partition coefficient (Wildman–Crippen LogP) is 4.03. The van der Waals surface area contributed by atoms with Gasteiger partial charge in [0, 0.05) is 16.8 Å². The van der Waals surface area contributed by atoms with E-state index in [1.807, 2.05) is 12.1 Å². The van der Waals surface area contributed by atoms with Gasteiger partial charge in [0.25, 0.3) is 0 Å². The van der Waals surface area contributed by atoms with Gasteiger partial charge in [-0.2, -0.15) is 0 Å². The zero-order valence-electron chi connectivity index (χ0n) is 11.3. The summed E-state index contributed by atoms with van der Waals surface area (Å²) in [4.78, 5) is 15.3. The average molecular weight is 304 g/mol. The first-order chi connectivity index (χ1) is 10.1. The van der Waals surface area contributed by atoms with Gasteiger partial charge < -0.3 is 9.84 Å². The van der Waals surface area contributed by atoms with Crippen LogP contribution in [0.25, 0.3) is 11.1 Å². The summed E-state index contributed by atoms with van der Waals surface area (Å²) < 4.78 is 5.86. The molecular formula is C16H14ClNO3. The van der Waals surface area contributed by atoms with Crippen LogP contribution in [0.15, 0.2) is 36.5 Å². The summed E-state index contributed by atoms with van der Waals surface area (Å²) in [6, 6.07) is 8.78. The van der Waals surface area contributed by atoms with Crippen LogP contribution in [0.1, 0.15) is 29.6 Å². The molecule has 0 unspecified atom stereocenters. The number of aromatic nitrogens is 1. The van der Waals surface area contributed by atoms with Crippen LogP contribution in [0.3, 0.4) is 0 Å². The van der Waals surface area contributed by atoms with Crippen molar-refractivity contribution in [3.63, 3.8) is 0 Å². The van der Waals surface area contributed by atoms with Gasteiger partial charge in [-0.3, -0.25) is 0 Å². The van der Waals surface area contributed by atoms with E-state index in [0.717, 1.165) is 24.8 Å². The molecule has 0 saturated heterocycles. The van der Waals surface area contributed by atoms with E-state index >= 15 is 0 Å². The Kier molecular flexibility index (Phi) is 3.80. The first kappa shape index (κ1) is 13.9. The fourth-order valence-electron chi connectivity index (χ4n) is 2.15. The molecule has 0 aliphatic heterocycles. The molecule has 108 valence electrons. The standard InChI is InChI=1S/C16H14ClNO3/c17-12-6-4-10(5-7-12)14-8-11(16(19)20)9-18-15(14)21-13-2-1-3-13/h4-9,13H,1-3H2,(H,19,20). The quantitative estimate of drug-likeness (QED) is 0.926. The van der Waals surface area contributed by atoms with E-state index in [1.54, 1.807) is 18.2 Å². The Morgan fingerprint density at radius 2 is 2.00 bits per heavy atom. The SMILES string of the molecule is O=C(O)c1cnc(OC2CCC2)c(-c2ccc(Cl)cc2)c1. The van der Waals surface area contributed by atoms with Crippen molar-refractivity contribution in [1.29, 1.82) is 0 Å². The Morgan fingerprint density at radius 1 is 1.29 bits per heavy atom. The van der Waals surface area contributed by atoms with Crippen molar-refractivity contribution in [3.05, 3.63) is 47.1 Å². The van der Waals surface area contributed by atoms with Gasteiger partial charge in [0.05, 0.1) is 5.56 Å². The molecule has 1 aliphatic carbocycles. The minimum atomic E-state index is -1.01. The highest BCUT2D eigenvalue weighted by atomic mass is 35.5. The Labute approximate surface area is 127 Å². The summed E-state index contributed by atoms with van der Waals surface area (Å²) >= 11 is 5.90. The third-order valence-electron chi connectivity index (χ3n) is 3.58. The second-order valence-electron chi connectivity index (χ2n) is 5.06. The molecule has 1 saturated carbocycles. The van der Waals surface area contributed by atoms with E-state index in [0.29, 0.717) is 16.5 Å². The summed E-state index contributed by atoms with van der Waals surface area (Å²) in [5.74, 6) is -0.528. The lowest BCUT2D eigenvalue weighted by atomic mass is 9.96. The number of carbonyl (C=O) groups is 1. The lowest BCUT2D eigenvalue weighted by molar-refractivity contribution is 0.0696. The molecule has 0 spiro atoms. The van der Waals surface area contributed by atoms with E-state index in [1.165, 1.54) is 6.20 Å². The number of ether oxygens (including phenoxy) is 1. The van der Waals surface area contributed by atoms with Crippen molar-refractivity contribution in [3.8, 4) is 17.0 Å². The van der Waals surface area contributed by atoms with E-state index in [4.69, 9.17) is 21.4 Å². The van der Waals surface area contributed by atoms with E-state index in [-0.39, 0.29) is 11.7 Å². The topological polar surface area (TPSA) is 59.4 Å². The highest BCUT2D eigenvalue weighted by Gasteiger charge is 2.22. The van der Waals surface area contributed by atoms with Crippen LogP contribution in [-0.4, -0.2) is 22.2 Å². The van der Waals surface area contributed by atoms with Crippen LogP contribution in [-0.2, 0) is 0 Å². The van der Waals surface area contributed by atoms with Crippen LogP contribution in [0, 0.1) is 0 Å². The Morgan fingerprint density at radius 3 is 2.57 bits per heavy atom. The van der Waals surface area contributed by atoms with Crippen LogP contribution < -0.4 is 4.74 Å². The zero-order valence-corrected chi connectivity index (χ0v) is 12.0. The van der Waals surface area contributed by atoms with Crippen molar-refractivity contribution in [2.24, 2.45) is 0 Å². The maximum absolute atomic E-state index is 11.1. The molecule has 21 heavy (non-hydrogen) atoms. The molecule has 0 bridgehead atoms. The van der Waals surface area contributed by atoms with Crippen molar-refractivity contribution in [1.82, 2.24) is 4.98 Å². The summed E-state index contributed by atoms with van der Waals surface area (Å²) in [7, 11) is 0. The molecule has 1 N–H and O–H groups in total. The van der Waals surface area contributed by atoms with Crippen molar-refractivity contribution in [2.45, 2.75) is 25.4 Å². The smallest absolute Gasteiger partial charge is 0.337 e. The van der Waals surface area contributed by atoms with Crippen LogP contribution in [0.4, 0.5) is 0 Å². The average Bonchev–Trinajstić information content (AvgIpc) is 2.43. The molecule has 3 rings (SSSR count). The van der Waals surface area contributed by atoms with Crippen molar-refractivity contribution in [2.75, 3.05) is 0 Å². The monoisotopic (exact) mass is 303 g/mol. The molecule has 1 aliphatic rings. The fourth-order valence-corrected chi connectivity index (χ4v) is 2.27. The number of aromatic carboxylic acids is 1. The number of halogens is 1. The Balaban J connectivity index is 2.02. The Hall–Kier alpha value is -2.07. The molecule has 1 fully saturated rings. The lowest BCUT2D eigenvalue weighted by Crippen LogP contribution is -2.25. The van der Waals surface area contributed by atoms with E-state index in [2.05, 4.69) is 4.98 Å². The summed E-state index contributed by atoms with van der Waals surface area (Å²) in [6.07, 6.45) is 4.70. The first-order valence-electron chi connectivity index (χ1n) is 6.79. The molecule has 0 atom stereocenters. The minimum Gasteiger partial charge on any atom is -0.478 e. The number of nitrogens with zero attached hydrogens (tertiary/aromatic N) is 1. The third kappa shape index (κ3) is 3.00. The van der Waals surface area contributed by atoms with Gasteiger partial charge in [-0.25, -0.2) is 9.78 Å². The fraction of sp³-hybridized carbons (Fsp3) is 0.250. The number of pyridine rings is 1. The Bertz CT molecular complexity index is 666. The highest BCUT2D eigenvalue weighted by molar-refractivity contribution is 6.30. The molecule has 4 nitrogen and oxygen atoms in total. The van der Waals surface area contributed by atoms with Crippen LogP contribution >= 0.6 is 11.6 Å². The van der Waals surface area contributed by atoms with Gasteiger partial charge in [0.15, 0.2) is 0 Å². The first-order valence-corrected chi connectivity index (χ1v) is 7.17. The van der Waals surface area contributed by atoms with Gasteiger partial charge in [0.2, 0.25) is 5.88 Å². The number of hydrogen-bond acceptors (Lipinski definition) is 3. The third-order valence-corrected chi connectivity index (χ3v) is 3.84. The zero-order chi connectivity index (χ0) is 14.8. The van der Waals surface area contributed by atoms with Gasteiger partial charge >= 0.3 is 5.97 Å². The molecule has 1 aromatic heterocycles. The van der Waals surface area contributed by atoms with Crippen molar-refractivity contribution < 1.29 is 14.6 Å². The number of rotatable bonds is 4. The van der Waals surface area contributed by atoms with Crippen LogP contribution in [0.5, 0.6) is 5.88 Å². The molecule has 0 amide bonds. The lowest BCUT2D eigenvalue weighted by Gasteiger charge is -2.26. The summed E-state index contributed by atoms with van der Waals surface area (Å²) in [5.41, 5.74) is 1.66. The number of carboxylic acids is 1. The highest BCUT2D eigenvalue weighted by Crippen LogP contribution is 2.33. The predicted molar refractivity (Wildman–Crippen MR) is 79.9 cm³/mol. The molecule has 1 heterocycles. The normalized spacial score (nSPS) is 14.5. The van der Waals surface area contributed by atoms with Gasteiger partial charge in [0.1, 0.15) is 6.10 Å². The molecule has 2 aromatic rings. The van der Waals surface area contributed by atoms with Crippen molar-refractivity contribution >= 4 is 17.6 Å². The van der Waals surface area contributed by atoms with E-state index in [9.17, 15) is 4.79 Å². The van der Waals surface area contributed by atoms with Gasteiger partial charge in [-0.15, -0.1) is 0 Å². The van der Waals surface area contributed by atoms with Gasteiger partial charge in [-0.05, 0) is 43.0 Å². The van der Waals surface area contributed by atoms with E-state index < -0.39 is 5.97 Å². The number of hydrogen-bond donors (Lipinski definition) is 1. The molecular weight excluding hydrogens is 290 g/mol. The maximum Gasteiger partial charge on any atom is 0.337 e.